The minimum atomic E-state index is -5.17. The summed E-state index contributed by atoms with van der Waals surface area (Å²) in [4.78, 5) is 0. The molecule has 0 saturated heterocycles. The van der Waals surface area contributed by atoms with Crippen molar-refractivity contribution in [1.29, 1.82) is 0 Å². The van der Waals surface area contributed by atoms with Crippen LogP contribution >= 0.6 is 0 Å². The smallest absolute Gasteiger partial charge is 0.870 e. The Morgan fingerprint density at radius 1 is 0.246 bits per heavy atom. The van der Waals surface area contributed by atoms with Crippen LogP contribution in [-0.2, 0) is 120 Å². The first-order valence-electron chi connectivity index (χ1n) is 8.50. The molecule has 0 rings (SSSR count). The summed E-state index contributed by atoms with van der Waals surface area (Å²) in [6.45, 7) is -20.0. The second-order valence-corrected chi connectivity index (χ2v) is 9.59. The Bertz CT molecular complexity index is 1020. The normalized spacial score (nSPS) is 9.08. The van der Waals surface area contributed by atoms with E-state index in [2.05, 4.69) is 0 Å². The molecule has 0 aromatic rings. The first-order chi connectivity index (χ1) is 20.0. The van der Waals surface area contributed by atoms with E-state index >= 15 is 0 Å². The maximum atomic E-state index is 8.52. The Balaban J connectivity index is -0.0000000116. The van der Waals surface area contributed by atoms with Crippen molar-refractivity contribution in [2.45, 2.75) is 0 Å². The average molecular weight is 1350 g/mol. The topological polar surface area (TPSA) is 1020 Å². The standard InChI is InChI=1S/2Al.5BH4O4.2Ca.2Fe.2Mn.5H2O4S.7H2O/c;;5*2-1(3,4)5;;;;;;;5*1-5(2,3)4;;;;;;;/h;;5*2-5H;;;;;;;5*(H2,1,2,3,4);7*1H2/q2*+3;5*-1;2*+2;2*+3;2*+2;;;;;;;;;;;;/p-15. The summed E-state index contributed by atoms with van der Waals surface area (Å²) < 4.78 is 170. The van der Waals surface area contributed by atoms with E-state index < -0.39 is 86.8 Å². The quantitative estimate of drug-likeness (QED) is 0.0608. The van der Waals surface area contributed by atoms with E-state index in [9.17, 15) is 0 Å². The van der Waals surface area contributed by atoms with Crippen molar-refractivity contribution in [2.75, 3.05) is 0 Å². The van der Waals surface area contributed by atoms with Gasteiger partial charge in [-0.05, 0) is 0 Å². The van der Waals surface area contributed by atoms with Gasteiger partial charge in [0.2, 0.25) is 0 Å². The van der Waals surface area contributed by atoms with Crippen molar-refractivity contribution < 1.29 is 295 Å². The summed E-state index contributed by atoms with van der Waals surface area (Å²) in [7, 11) is -25.8. The zero-order chi connectivity index (χ0) is 45.0. The van der Waals surface area contributed by atoms with Crippen molar-refractivity contribution in [1.82, 2.24) is 0 Å². The van der Waals surface area contributed by atoms with E-state index in [-0.39, 0.29) is 217 Å². The van der Waals surface area contributed by atoms with Crippen LogP contribution in [0.5, 0.6) is 0 Å². The van der Waals surface area contributed by atoms with Crippen molar-refractivity contribution in [3.05, 3.63) is 0 Å². The maximum Gasteiger partial charge on any atom is 3.00 e. The van der Waals surface area contributed by atoms with Gasteiger partial charge < -0.3 is 184 Å². The van der Waals surface area contributed by atoms with Crippen molar-refractivity contribution in [2.24, 2.45) is 0 Å². The summed E-state index contributed by atoms with van der Waals surface area (Å²) in [6.07, 6.45) is 0. The van der Waals surface area contributed by atoms with E-state index in [1.165, 1.54) is 0 Å². The molecule has 65 heteroatoms. The molecule has 47 nitrogen and oxygen atoms in total. The van der Waals surface area contributed by atoms with Gasteiger partial charge in [0.1, 0.15) is 0 Å². The summed E-state index contributed by atoms with van der Waals surface area (Å²) >= 11 is 0. The van der Waals surface area contributed by atoms with Gasteiger partial charge in [-0.2, -0.15) is 0 Å². The molecule has 0 spiro atoms. The number of rotatable bonds is 0. The van der Waals surface area contributed by atoms with E-state index in [0.717, 1.165) is 0 Å². The van der Waals surface area contributed by atoms with Crippen LogP contribution in [0.25, 0.3) is 0 Å². The fourth-order valence-corrected chi connectivity index (χ4v) is 0. The average Bonchev–Trinajstić information content (AvgIpc) is 2.34. The fourth-order valence-electron chi connectivity index (χ4n) is 0. The van der Waals surface area contributed by atoms with Crippen LogP contribution in [0.1, 0.15) is 0 Å². The Morgan fingerprint density at radius 2 is 0.246 bits per heavy atom. The molecule has 0 fully saturated rings. The number of hydrogen-bond acceptors (Lipinski definition) is 45. The van der Waals surface area contributed by atoms with Crippen LogP contribution in [0.4, 0.5) is 0 Å². The first-order valence-corrected chi connectivity index (χ1v) is 15.2. The molecule has 0 amide bonds. The van der Waals surface area contributed by atoms with Crippen LogP contribution < -0.4 is 0 Å². The largest absolute Gasteiger partial charge is 3.00 e. The predicted molar refractivity (Wildman–Crippen MR) is 165 cm³/mol. The molecule has 65 heavy (non-hydrogen) atoms. The Labute approximate surface area is 485 Å². The minimum absolute atomic E-state index is 0. The molecular formula is H29Al2B5Ca2Fe2Mn2O47S5. The van der Waals surface area contributed by atoms with Gasteiger partial charge >= 0.3 is 213 Å². The van der Waals surface area contributed by atoms with Gasteiger partial charge in [0.25, 0.3) is 0 Å². The fraction of sp³-hybridized carbons (Fsp3) is 0. The third-order valence-corrected chi connectivity index (χ3v) is 0. The number of hydrogen-bond donors (Lipinski definition) is 20. The third kappa shape index (κ3) is 16500. The molecule has 0 unspecified atom stereocenters. The van der Waals surface area contributed by atoms with Gasteiger partial charge in [-0.15, -0.1) is 0 Å². The molecule has 0 bridgehead atoms. The van der Waals surface area contributed by atoms with Gasteiger partial charge in [0.15, 0.2) is 0 Å². The maximum absolute atomic E-state index is 8.52. The molecule has 4 radical (unpaired) electrons. The monoisotopic (exact) mass is 1350 g/mol. The second kappa shape index (κ2) is 74.8. The van der Waals surface area contributed by atoms with Crippen LogP contribution in [-0.4, -0.2) is 371 Å². The van der Waals surface area contributed by atoms with E-state index in [1.54, 1.807) is 0 Å². The molecule has 0 aliphatic heterocycles. The first kappa shape index (κ1) is 165. The zero-order valence-electron chi connectivity index (χ0n) is 29.3. The molecule has 0 aliphatic carbocycles. The van der Waals surface area contributed by atoms with Gasteiger partial charge in [-0.25, -0.2) is 0 Å². The third-order valence-electron chi connectivity index (χ3n) is 0. The van der Waals surface area contributed by atoms with Crippen molar-refractivity contribution in [3.63, 3.8) is 0 Å². The Kier molecular flexibility index (Phi) is 190. The van der Waals surface area contributed by atoms with E-state index in [1.807, 2.05) is 0 Å². The Hall–Kier alpha value is 4.26. The SMILES string of the molecule is O.O.O=S(=O)([O-])[O-].O=S(=O)([O-])[O-].O=S(=O)([O-])[O-].O=S(=O)([O-])[O-].O=S(=O)([O-])[O-].O[B-](O)(O)O.O[B-](O)(O)O.O[B-](O)(O)O.O[B-](O)(O)O.O[B-](O)(O)O.[Al+3].[Al+3].[Ca+2].[Ca+2].[Fe+3].[Fe+3].[Mn+2].[Mn+2].[OH-].[OH-].[OH-].[OH-].[OH-]. The molecule has 0 aromatic carbocycles. The summed E-state index contributed by atoms with van der Waals surface area (Å²) in [5, 5.41) is 145. The van der Waals surface area contributed by atoms with Crippen molar-refractivity contribution in [3.8, 4) is 0 Å². The van der Waals surface area contributed by atoms with Gasteiger partial charge in [-0.3, -0.25) is 42.1 Å². The molecular weight excluding hydrogens is 1320 g/mol. The molecule has 396 valence electrons. The van der Waals surface area contributed by atoms with Crippen LogP contribution in [0, 0.1) is 0 Å². The van der Waals surface area contributed by atoms with Crippen LogP contribution in [0.3, 0.4) is 0 Å². The predicted octanol–water partition coefficient (Wildman–Crippen LogP) is -23.8. The summed E-state index contributed by atoms with van der Waals surface area (Å²) in [5.74, 6) is 0. The molecule has 0 saturated carbocycles. The molecule has 29 N–H and O–H groups in total. The van der Waals surface area contributed by atoms with Crippen LogP contribution in [0.2, 0.25) is 0 Å². The second-order valence-electron chi connectivity index (χ2n) is 5.51. The van der Waals surface area contributed by atoms with Gasteiger partial charge in [-0.1, -0.05) is 0 Å². The molecule has 0 aliphatic rings. The van der Waals surface area contributed by atoms with Gasteiger partial charge in [0.05, 0.1) is 0 Å². The van der Waals surface area contributed by atoms with E-state index in [0.29, 0.717) is 0 Å². The van der Waals surface area contributed by atoms with Crippen molar-refractivity contribution >= 4 is 197 Å². The summed E-state index contributed by atoms with van der Waals surface area (Å²) in [6, 6.07) is 0. The molecule has 0 heterocycles. The molecule has 0 atom stereocenters. The zero-order valence-corrected chi connectivity index (χ0v) is 44.7. The molecule has 0 aromatic heterocycles. The minimum Gasteiger partial charge on any atom is -0.870 e. The van der Waals surface area contributed by atoms with E-state index in [4.69, 9.17) is 188 Å². The Morgan fingerprint density at radius 3 is 0.246 bits per heavy atom. The van der Waals surface area contributed by atoms with Gasteiger partial charge in [0, 0.05) is 52.0 Å². The van der Waals surface area contributed by atoms with Crippen LogP contribution in [0.15, 0.2) is 0 Å². The summed E-state index contributed by atoms with van der Waals surface area (Å²) in [5.41, 5.74) is 0.